The largest absolute Gasteiger partial charge is 0.508 e. The molecule has 0 saturated carbocycles. The van der Waals surface area contributed by atoms with E-state index < -0.39 is 15.8 Å². The number of primary sulfonamides is 1. The normalized spacial score (nSPS) is 11.6. The first-order chi connectivity index (χ1) is 6.29. The van der Waals surface area contributed by atoms with Gasteiger partial charge in [0, 0.05) is 10.6 Å². The minimum absolute atomic E-state index is 0.110. The Balaban J connectivity index is 3.17. The Morgan fingerprint density at radius 3 is 2.57 bits per heavy atom. The predicted molar refractivity (Wildman–Crippen MR) is 54.7 cm³/mol. The lowest BCUT2D eigenvalue weighted by Gasteiger charge is -2.05. The summed E-state index contributed by atoms with van der Waals surface area (Å²) in [4.78, 5) is 0. The third kappa shape index (κ3) is 2.87. The van der Waals surface area contributed by atoms with Gasteiger partial charge in [-0.3, -0.25) is 0 Å². The molecule has 0 aliphatic carbocycles. The van der Waals surface area contributed by atoms with E-state index >= 15 is 0 Å². The van der Waals surface area contributed by atoms with E-state index in [1.165, 1.54) is 12.1 Å². The zero-order valence-corrected chi connectivity index (χ0v) is 9.06. The van der Waals surface area contributed by atoms with E-state index in [2.05, 4.69) is 0 Å². The summed E-state index contributed by atoms with van der Waals surface area (Å²) >= 11 is 5.77. The Morgan fingerprint density at radius 1 is 1.50 bits per heavy atom. The third-order valence-corrected chi connectivity index (χ3v) is 2.84. The molecule has 0 heterocycles. The van der Waals surface area contributed by atoms with Crippen molar-refractivity contribution in [3.8, 4) is 5.75 Å². The van der Waals surface area contributed by atoms with Gasteiger partial charge in [0.25, 0.3) is 0 Å². The second kappa shape index (κ2) is 3.76. The fourth-order valence-corrected chi connectivity index (χ4v) is 1.89. The van der Waals surface area contributed by atoms with Crippen molar-refractivity contribution in [2.24, 2.45) is 5.14 Å². The summed E-state index contributed by atoms with van der Waals surface area (Å²) in [5, 5.41) is 14.6. The molecule has 0 unspecified atom stereocenters. The highest BCUT2D eigenvalue weighted by atomic mass is 35.5. The van der Waals surface area contributed by atoms with Crippen LogP contribution in [-0.4, -0.2) is 13.5 Å². The molecule has 6 heteroatoms. The molecule has 0 radical (unpaired) electrons. The number of hydrogen-bond donors (Lipinski definition) is 2. The van der Waals surface area contributed by atoms with Gasteiger partial charge in [-0.05, 0) is 24.6 Å². The molecule has 0 fully saturated rings. The Hall–Kier alpha value is -0.780. The van der Waals surface area contributed by atoms with Gasteiger partial charge in [-0.1, -0.05) is 11.6 Å². The van der Waals surface area contributed by atoms with Gasteiger partial charge in [0.05, 0.1) is 5.75 Å². The molecule has 78 valence electrons. The molecule has 0 saturated heterocycles. The van der Waals surface area contributed by atoms with Crippen molar-refractivity contribution >= 4 is 21.6 Å². The molecule has 1 rings (SSSR count). The van der Waals surface area contributed by atoms with Crippen LogP contribution in [0.1, 0.15) is 11.1 Å². The summed E-state index contributed by atoms with van der Waals surface area (Å²) in [7, 11) is -3.65. The molecule has 1 aromatic carbocycles. The van der Waals surface area contributed by atoms with Crippen molar-refractivity contribution in [3.63, 3.8) is 0 Å². The minimum Gasteiger partial charge on any atom is -0.508 e. The summed E-state index contributed by atoms with van der Waals surface area (Å²) in [6, 6.07) is 2.81. The van der Waals surface area contributed by atoms with E-state index in [9.17, 15) is 13.5 Å². The number of hydrogen-bond acceptors (Lipinski definition) is 3. The van der Waals surface area contributed by atoms with Crippen LogP contribution in [0.25, 0.3) is 0 Å². The number of aryl methyl sites for hydroxylation is 1. The molecule has 0 aromatic heterocycles. The molecule has 0 amide bonds. The monoisotopic (exact) mass is 235 g/mol. The van der Waals surface area contributed by atoms with Gasteiger partial charge >= 0.3 is 0 Å². The van der Waals surface area contributed by atoms with E-state index in [-0.39, 0.29) is 11.3 Å². The van der Waals surface area contributed by atoms with Gasteiger partial charge in [0.2, 0.25) is 10.0 Å². The Morgan fingerprint density at radius 2 is 2.07 bits per heavy atom. The first-order valence-corrected chi connectivity index (χ1v) is 5.87. The average Bonchev–Trinajstić information content (AvgIpc) is 1.97. The number of halogens is 1. The summed E-state index contributed by atoms with van der Waals surface area (Å²) in [5.41, 5.74) is 0.894. The van der Waals surface area contributed by atoms with Crippen LogP contribution in [0.2, 0.25) is 5.02 Å². The van der Waals surface area contributed by atoms with E-state index in [1.54, 1.807) is 6.92 Å². The smallest absolute Gasteiger partial charge is 0.213 e. The SMILES string of the molecule is Cc1cc(O)c(CS(N)(=O)=O)cc1Cl. The fraction of sp³-hybridized carbons (Fsp3) is 0.250. The van der Waals surface area contributed by atoms with Crippen molar-refractivity contribution in [2.75, 3.05) is 0 Å². The molecule has 1 aromatic rings. The van der Waals surface area contributed by atoms with Crippen LogP contribution in [0.15, 0.2) is 12.1 Å². The number of sulfonamides is 1. The van der Waals surface area contributed by atoms with Crippen molar-refractivity contribution in [2.45, 2.75) is 12.7 Å². The molecule has 3 N–H and O–H groups in total. The Bertz CT molecular complexity index is 456. The second-order valence-corrected chi connectivity index (χ2v) is 5.06. The van der Waals surface area contributed by atoms with Crippen LogP contribution in [0.3, 0.4) is 0 Å². The van der Waals surface area contributed by atoms with Gasteiger partial charge in [0.15, 0.2) is 0 Å². The van der Waals surface area contributed by atoms with Gasteiger partial charge in [-0.15, -0.1) is 0 Å². The molecule has 4 nitrogen and oxygen atoms in total. The van der Waals surface area contributed by atoms with Gasteiger partial charge in [-0.25, -0.2) is 13.6 Å². The highest BCUT2D eigenvalue weighted by molar-refractivity contribution is 7.88. The molecule has 0 bridgehead atoms. The number of phenols is 1. The molecule has 0 spiro atoms. The van der Waals surface area contributed by atoms with E-state index in [1.807, 2.05) is 0 Å². The number of rotatable bonds is 2. The van der Waals surface area contributed by atoms with E-state index in [0.717, 1.165) is 0 Å². The van der Waals surface area contributed by atoms with Crippen LogP contribution in [0, 0.1) is 6.92 Å². The highest BCUT2D eigenvalue weighted by Gasteiger charge is 2.11. The molecule has 0 aliphatic rings. The number of phenolic OH excluding ortho intramolecular Hbond substituents is 1. The van der Waals surface area contributed by atoms with Crippen molar-refractivity contribution in [1.82, 2.24) is 0 Å². The summed E-state index contributed by atoms with van der Waals surface area (Å²) in [6.45, 7) is 1.71. The van der Waals surface area contributed by atoms with Crippen molar-refractivity contribution < 1.29 is 13.5 Å². The highest BCUT2D eigenvalue weighted by Crippen LogP contribution is 2.26. The first kappa shape index (κ1) is 11.3. The van der Waals surface area contributed by atoms with Gasteiger partial charge in [-0.2, -0.15) is 0 Å². The van der Waals surface area contributed by atoms with Gasteiger partial charge in [0.1, 0.15) is 5.75 Å². The lowest BCUT2D eigenvalue weighted by Crippen LogP contribution is -2.14. The van der Waals surface area contributed by atoms with Crippen LogP contribution < -0.4 is 5.14 Å². The standard InChI is InChI=1S/C8H10ClNO3S/c1-5-2-8(11)6(3-7(5)9)4-14(10,12)13/h2-3,11H,4H2,1H3,(H2,10,12,13). The van der Waals surface area contributed by atoms with E-state index in [4.69, 9.17) is 16.7 Å². The van der Waals surface area contributed by atoms with Crippen LogP contribution in [0.4, 0.5) is 0 Å². The summed E-state index contributed by atoms with van der Waals surface area (Å²) in [5.74, 6) is -0.528. The minimum atomic E-state index is -3.65. The molecule has 14 heavy (non-hydrogen) atoms. The molecular formula is C8H10ClNO3S. The van der Waals surface area contributed by atoms with Crippen LogP contribution in [-0.2, 0) is 15.8 Å². The second-order valence-electron chi connectivity index (χ2n) is 3.04. The van der Waals surface area contributed by atoms with Gasteiger partial charge < -0.3 is 5.11 Å². The first-order valence-electron chi connectivity index (χ1n) is 3.78. The molecule has 0 atom stereocenters. The lowest BCUT2D eigenvalue weighted by molar-refractivity contribution is 0.469. The third-order valence-electron chi connectivity index (χ3n) is 1.72. The lowest BCUT2D eigenvalue weighted by atomic mass is 10.1. The Kier molecular flexibility index (Phi) is 3.04. The summed E-state index contributed by atoms with van der Waals surface area (Å²) in [6.07, 6.45) is 0. The maximum atomic E-state index is 10.8. The van der Waals surface area contributed by atoms with Crippen LogP contribution in [0.5, 0.6) is 5.75 Å². The fourth-order valence-electron chi connectivity index (χ4n) is 1.04. The number of benzene rings is 1. The maximum absolute atomic E-state index is 10.8. The van der Waals surface area contributed by atoms with Crippen LogP contribution >= 0.6 is 11.6 Å². The Labute approximate surface area is 87.4 Å². The summed E-state index contributed by atoms with van der Waals surface area (Å²) < 4.78 is 21.5. The molecular weight excluding hydrogens is 226 g/mol. The quantitative estimate of drug-likeness (QED) is 0.807. The zero-order chi connectivity index (χ0) is 10.9. The topological polar surface area (TPSA) is 80.4 Å². The number of nitrogens with two attached hydrogens (primary N) is 1. The predicted octanol–water partition coefficient (Wildman–Crippen LogP) is 1.14. The average molecular weight is 236 g/mol. The molecule has 0 aliphatic heterocycles. The zero-order valence-electron chi connectivity index (χ0n) is 7.49. The van der Waals surface area contributed by atoms with E-state index in [0.29, 0.717) is 10.6 Å². The maximum Gasteiger partial charge on any atom is 0.213 e. The van der Waals surface area contributed by atoms with Crippen molar-refractivity contribution in [1.29, 1.82) is 0 Å². The number of aromatic hydroxyl groups is 1. The van der Waals surface area contributed by atoms with Crippen molar-refractivity contribution in [3.05, 3.63) is 28.3 Å².